The number of ether oxygens (including phenoxy) is 1. The van der Waals surface area contributed by atoms with Gasteiger partial charge in [0.05, 0.1) is 6.61 Å². The quantitative estimate of drug-likeness (QED) is 0.400. The molecule has 0 aliphatic carbocycles. The maximum Gasteiger partial charge on any atom is 0.255 e. The predicted molar refractivity (Wildman–Crippen MR) is 142 cm³/mol. The lowest BCUT2D eigenvalue weighted by molar-refractivity contribution is -0.121. The summed E-state index contributed by atoms with van der Waals surface area (Å²) in [7, 11) is 2.17. The number of ketones is 1. The summed E-state index contributed by atoms with van der Waals surface area (Å²) in [6.07, 6.45) is 2.35. The highest BCUT2D eigenvalue weighted by atomic mass is 19.1. The largest absolute Gasteiger partial charge is 0.493 e. The van der Waals surface area contributed by atoms with Crippen LogP contribution in [0.25, 0.3) is 11.1 Å². The van der Waals surface area contributed by atoms with Crippen molar-refractivity contribution in [3.63, 3.8) is 0 Å². The Balaban J connectivity index is 1.41. The minimum atomic E-state index is -0.922. The number of hydrogen-bond acceptors (Lipinski definition) is 4. The topological polar surface area (TPSA) is 49.9 Å². The van der Waals surface area contributed by atoms with Crippen LogP contribution < -0.4 is 4.74 Å². The highest BCUT2D eigenvalue weighted by Crippen LogP contribution is 2.38. The number of fused-ring (bicyclic) bond motifs is 1. The zero-order valence-corrected chi connectivity index (χ0v) is 21.7. The van der Waals surface area contributed by atoms with Gasteiger partial charge in [0.1, 0.15) is 17.6 Å². The normalized spacial score (nSPS) is 17.1. The van der Waals surface area contributed by atoms with E-state index in [0.717, 1.165) is 29.8 Å². The Kier molecular flexibility index (Phi) is 7.11. The maximum absolute atomic E-state index is 14.2. The molecular weight excluding hydrogens is 467 g/mol. The van der Waals surface area contributed by atoms with Crippen LogP contribution >= 0.6 is 0 Å². The van der Waals surface area contributed by atoms with E-state index in [9.17, 15) is 14.0 Å². The molecule has 192 valence electrons. The molecule has 2 heterocycles. The van der Waals surface area contributed by atoms with Crippen molar-refractivity contribution in [1.82, 2.24) is 9.80 Å². The minimum absolute atomic E-state index is 0.230. The number of Topliss-reactive ketones (excluding diaryl/α,β-unsaturated/α-hetero) is 1. The molecule has 1 amide bonds. The maximum atomic E-state index is 14.2. The summed E-state index contributed by atoms with van der Waals surface area (Å²) in [5.41, 5.74) is 5.20. The van der Waals surface area contributed by atoms with Gasteiger partial charge in [-0.3, -0.25) is 9.59 Å². The van der Waals surface area contributed by atoms with Gasteiger partial charge in [-0.15, -0.1) is 0 Å². The van der Waals surface area contributed by atoms with E-state index in [1.54, 1.807) is 0 Å². The van der Waals surface area contributed by atoms with Gasteiger partial charge < -0.3 is 14.5 Å². The number of nitrogens with zero attached hydrogens (tertiary/aromatic N) is 2. The van der Waals surface area contributed by atoms with Crippen molar-refractivity contribution in [2.45, 2.75) is 45.2 Å². The summed E-state index contributed by atoms with van der Waals surface area (Å²) in [6.45, 7) is 6.16. The van der Waals surface area contributed by atoms with Crippen molar-refractivity contribution in [2.24, 2.45) is 0 Å². The number of carbonyl (C=O) groups excluding carboxylic acids is 2. The highest BCUT2D eigenvalue weighted by Gasteiger charge is 2.37. The van der Waals surface area contributed by atoms with Gasteiger partial charge in [0.25, 0.3) is 5.91 Å². The van der Waals surface area contributed by atoms with Crippen LogP contribution in [0, 0.1) is 5.82 Å². The second kappa shape index (κ2) is 10.5. The van der Waals surface area contributed by atoms with Gasteiger partial charge in [0.2, 0.25) is 0 Å². The van der Waals surface area contributed by atoms with Crippen molar-refractivity contribution < 1.29 is 18.7 Å². The van der Waals surface area contributed by atoms with Crippen molar-refractivity contribution in [2.75, 3.05) is 26.7 Å². The number of benzene rings is 3. The van der Waals surface area contributed by atoms with Crippen LogP contribution in [0.15, 0.2) is 60.7 Å². The Morgan fingerprint density at radius 3 is 2.41 bits per heavy atom. The third kappa shape index (κ3) is 5.03. The Bertz CT molecular complexity index is 1310. The van der Waals surface area contributed by atoms with Gasteiger partial charge in [0, 0.05) is 17.7 Å². The number of likely N-dealkylation sites (tertiary alicyclic amines) is 1. The molecule has 0 radical (unpaired) electrons. The van der Waals surface area contributed by atoms with Crippen LogP contribution in [0.3, 0.4) is 0 Å². The van der Waals surface area contributed by atoms with Gasteiger partial charge in [-0.2, -0.15) is 0 Å². The Morgan fingerprint density at radius 2 is 1.73 bits per heavy atom. The number of halogens is 1. The molecule has 5 nitrogen and oxygen atoms in total. The van der Waals surface area contributed by atoms with Crippen molar-refractivity contribution in [1.29, 1.82) is 0 Å². The van der Waals surface area contributed by atoms with Crippen molar-refractivity contribution >= 4 is 11.7 Å². The van der Waals surface area contributed by atoms with Crippen LogP contribution in [-0.2, 0) is 11.3 Å². The van der Waals surface area contributed by atoms with E-state index in [4.69, 9.17) is 4.74 Å². The third-order valence-corrected chi connectivity index (χ3v) is 7.64. The second-order valence-corrected chi connectivity index (χ2v) is 10.1. The van der Waals surface area contributed by atoms with E-state index in [-0.39, 0.29) is 18.2 Å². The van der Waals surface area contributed by atoms with Gasteiger partial charge in [0.15, 0.2) is 5.78 Å². The smallest absolute Gasteiger partial charge is 0.255 e. The molecule has 0 aromatic heterocycles. The lowest BCUT2D eigenvalue weighted by Gasteiger charge is -2.29. The van der Waals surface area contributed by atoms with Crippen LogP contribution in [0.5, 0.6) is 5.75 Å². The summed E-state index contributed by atoms with van der Waals surface area (Å²) in [6, 6.07) is 17.8. The highest BCUT2D eigenvalue weighted by molar-refractivity contribution is 6.02. The Morgan fingerprint density at radius 1 is 1.03 bits per heavy atom. The molecule has 3 aromatic rings. The van der Waals surface area contributed by atoms with Crippen LogP contribution in [-0.4, -0.2) is 48.2 Å². The van der Waals surface area contributed by atoms with E-state index in [1.807, 2.05) is 25.1 Å². The summed E-state index contributed by atoms with van der Waals surface area (Å²) in [4.78, 5) is 30.3. The molecule has 3 aromatic carbocycles. The molecule has 2 aliphatic heterocycles. The molecule has 0 spiro atoms. The average molecular weight is 501 g/mol. The molecule has 1 fully saturated rings. The molecule has 1 unspecified atom stereocenters. The molecule has 0 bridgehead atoms. The van der Waals surface area contributed by atoms with Gasteiger partial charge in [-0.1, -0.05) is 36.4 Å². The number of hydrogen-bond donors (Lipinski definition) is 0. The van der Waals surface area contributed by atoms with E-state index in [1.165, 1.54) is 48.4 Å². The number of amides is 1. The van der Waals surface area contributed by atoms with Gasteiger partial charge in [-0.25, -0.2) is 4.39 Å². The van der Waals surface area contributed by atoms with Gasteiger partial charge >= 0.3 is 0 Å². The second-order valence-electron chi connectivity index (χ2n) is 10.1. The fourth-order valence-electron chi connectivity index (χ4n) is 5.63. The van der Waals surface area contributed by atoms with E-state index in [0.29, 0.717) is 29.4 Å². The molecule has 0 N–H and O–H groups in total. The Labute approximate surface area is 217 Å². The first kappa shape index (κ1) is 25.2. The SMILES string of the molecule is CCOc1ccc(F)cc1C(C(C)=O)N1Cc2ccc(-c3ccc(C4CCN(C)CC4)cc3)cc2C1=O. The molecule has 6 heteroatoms. The monoisotopic (exact) mass is 500 g/mol. The summed E-state index contributed by atoms with van der Waals surface area (Å²) < 4.78 is 19.9. The standard InChI is InChI=1S/C31H33FN2O3/c1-4-37-29-12-11-26(32)18-28(29)30(20(2)35)34-19-25-10-9-24(17-27(25)31(34)36)22-7-5-21(6-8-22)23-13-15-33(3)16-14-23/h5-12,17-18,23,30H,4,13-16,19H2,1-3H3. The minimum Gasteiger partial charge on any atom is -0.493 e. The molecular formula is C31H33FN2O3. The zero-order chi connectivity index (χ0) is 26.1. The van der Waals surface area contributed by atoms with E-state index >= 15 is 0 Å². The lowest BCUT2D eigenvalue weighted by atomic mass is 9.88. The van der Waals surface area contributed by atoms with Crippen molar-refractivity contribution in [3.8, 4) is 16.9 Å². The molecule has 2 aliphatic rings. The average Bonchev–Trinajstić information content (AvgIpc) is 3.21. The van der Waals surface area contributed by atoms with Crippen LogP contribution in [0.4, 0.5) is 4.39 Å². The lowest BCUT2D eigenvalue weighted by Crippen LogP contribution is -2.33. The first-order chi connectivity index (χ1) is 17.9. The fourth-order valence-corrected chi connectivity index (χ4v) is 5.63. The van der Waals surface area contributed by atoms with E-state index < -0.39 is 11.9 Å². The predicted octanol–water partition coefficient (Wildman–Crippen LogP) is 5.99. The molecule has 5 rings (SSSR count). The molecule has 37 heavy (non-hydrogen) atoms. The number of piperidine rings is 1. The molecule has 1 atom stereocenters. The number of rotatable bonds is 7. The first-order valence-corrected chi connectivity index (χ1v) is 13.0. The molecule has 0 saturated carbocycles. The zero-order valence-electron chi connectivity index (χ0n) is 21.7. The van der Waals surface area contributed by atoms with Crippen LogP contribution in [0.1, 0.15) is 65.7 Å². The summed E-state index contributed by atoms with van der Waals surface area (Å²) in [5, 5.41) is 0. The first-order valence-electron chi connectivity index (χ1n) is 13.0. The summed E-state index contributed by atoms with van der Waals surface area (Å²) >= 11 is 0. The van der Waals surface area contributed by atoms with Crippen molar-refractivity contribution in [3.05, 3.63) is 88.7 Å². The Hall–Kier alpha value is -3.51. The molecule has 1 saturated heterocycles. The number of carbonyl (C=O) groups is 2. The van der Waals surface area contributed by atoms with E-state index in [2.05, 4.69) is 36.2 Å². The fraction of sp³-hybridized carbons (Fsp3) is 0.355. The van der Waals surface area contributed by atoms with Gasteiger partial charge in [-0.05, 0) is 99.3 Å². The summed E-state index contributed by atoms with van der Waals surface area (Å²) in [5.74, 6) is 0.0653. The third-order valence-electron chi connectivity index (χ3n) is 7.64. The van der Waals surface area contributed by atoms with Crippen LogP contribution in [0.2, 0.25) is 0 Å².